The van der Waals surface area contributed by atoms with Crippen molar-refractivity contribution in [3.8, 4) is 0 Å². The number of aryl methyl sites for hydroxylation is 1. The van der Waals surface area contributed by atoms with Gasteiger partial charge in [0.25, 0.3) is 5.91 Å². The van der Waals surface area contributed by atoms with Gasteiger partial charge in [0.15, 0.2) is 5.65 Å². The van der Waals surface area contributed by atoms with Crippen molar-refractivity contribution in [2.24, 2.45) is 0 Å². The summed E-state index contributed by atoms with van der Waals surface area (Å²) >= 11 is 0. The highest BCUT2D eigenvalue weighted by molar-refractivity contribution is 5.98. The topological polar surface area (TPSA) is 96.6 Å². The molecule has 2 aromatic rings. The third kappa shape index (κ3) is 1.83. The predicted octanol–water partition coefficient (Wildman–Crippen LogP) is 0.385. The Hall–Kier alpha value is -2.44. The third-order valence-corrected chi connectivity index (χ3v) is 3.35. The number of aromatic nitrogens is 3. The lowest BCUT2D eigenvalue weighted by Gasteiger charge is -2.12. The van der Waals surface area contributed by atoms with E-state index in [0.717, 1.165) is 0 Å². The van der Waals surface area contributed by atoms with Gasteiger partial charge in [-0.3, -0.25) is 9.20 Å². The van der Waals surface area contributed by atoms with Gasteiger partial charge in [-0.25, -0.2) is 4.79 Å². The van der Waals surface area contributed by atoms with Crippen molar-refractivity contribution >= 4 is 17.5 Å². The van der Waals surface area contributed by atoms with Crippen molar-refractivity contribution in [2.75, 3.05) is 0 Å². The molecule has 7 heteroatoms. The van der Waals surface area contributed by atoms with Crippen molar-refractivity contribution in [3.05, 3.63) is 29.7 Å². The van der Waals surface area contributed by atoms with Crippen LogP contribution in [0.3, 0.4) is 0 Å². The second kappa shape index (κ2) is 3.78. The van der Waals surface area contributed by atoms with E-state index in [9.17, 15) is 9.59 Å². The van der Waals surface area contributed by atoms with Crippen LogP contribution >= 0.6 is 0 Å². The van der Waals surface area contributed by atoms with Gasteiger partial charge in [-0.2, -0.15) is 0 Å². The number of rotatable bonds is 3. The molecule has 1 aliphatic rings. The highest BCUT2D eigenvalue weighted by Gasteiger charge is 2.51. The van der Waals surface area contributed by atoms with Gasteiger partial charge < -0.3 is 10.4 Å². The van der Waals surface area contributed by atoms with Crippen LogP contribution in [0.25, 0.3) is 5.65 Å². The van der Waals surface area contributed by atoms with Crippen LogP contribution in [0, 0.1) is 6.92 Å². The zero-order valence-corrected chi connectivity index (χ0v) is 10.3. The number of carbonyl (C=O) groups is 2. The molecule has 2 N–H and O–H groups in total. The minimum atomic E-state index is -1.08. The van der Waals surface area contributed by atoms with Gasteiger partial charge in [-0.15, -0.1) is 10.2 Å². The van der Waals surface area contributed by atoms with E-state index in [-0.39, 0.29) is 0 Å². The molecule has 98 valence electrons. The zero-order valence-electron chi connectivity index (χ0n) is 10.3. The second-order valence-corrected chi connectivity index (χ2v) is 4.73. The zero-order chi connectivity index (χ0) is 13.6. The van der Waals surface area contributed by atoms with Crippen LogP contribution in [0.15, 0.2) is 18.3 Å². The number of amides is 1. The summed E-state index contributed by atoms with van der Waals surface area (Å²) in [4.78, 5) is 23.1. The first-order chi connectivity index (χ1) is 9.02. The molecule has 1 aliphatic carbocycles. The molecule has 1 fully saturated rings. The van der Waals surface area contributed by atoms with Gasteiger partial charge in [-0.1, -0.05) is 0 Å². The monoisotopic (exact) mass is 260 g/mol. The summed E-state index contributed by atoms with van der Waals surface area (Å²) in [7, 11) is 0. The van der Waals surface area contributed by atoms with Gasteiger partial charge in [-0.05, 0) is 31.9 Å². The molecule has 0 unspecified atom stereocenters. The maximum Gasteiger partial charge on any atom is 0.329 e. The molecule has 0 bridgehead atoms. The van der Waals surface area contributed by atoms with Gasteiger partial charge in [0.1, 0.15) is 11.4 Å². The van der Waals surface area contributed by atoms with Crippen LogP contribution in [0.4, 0.5) is 0 Å². The molecular formula is C12H12N4O3. The van der Waals surface area contributed by atoms with Crippen LogP contribution in [0.2, 0.25) is 0 Å². The van der Waals surface area contributed by atoms with Crippen LogP contribution < -0.4 is 5.32 Å². The number of hydrogen-bond acceptors (Lipinski definition) is 4. The van der Waals surface area contributed by atoms with Gasteiger partial charge >= 0.3 is 5.97 Å². The Morgan fingerprint density at radius 3 is 2.74 bits per heavy atom. The summed E-state index contributed by atoms with van der Waals surface area (Å²) in [5.41, 5.74) is -0.0368. The van der Waals surface area contributed by atoms with Crippen LogP contribution in [-0.2, 0) is 4.79 Å². The first kappa shape index (κ1) is 11.6. The number of pyridine rings is 1. The highest BCUT2D eigenvalue weighted by Crippen LogP contribution is 2.35. The van der Waals surface area contributed by atoms with Crippen LogP contribution in [0.1, 0.15) is 29.0 Å². The van der Waals surface area contributed by atoms with E-state index in [2.05, 4.69) is 15.5 Å². The van der Waals surface area contributed by atoms with E-state index >= 15 is 0 Å². The Kier molecular flexibility index (Phi) is 2.31. The third-order valence-electron chi connectivity index (χ3n) is 3.35. The number of carbonyl (C=O) groups excluding carboxylic acids is 1. The van der Waals surface area contributed by atoms with Crippen LogP contribution in [0.5, 0.6) is 0 Å². The van der Waals surface area contributed by atoms with Crippen molar-refractivity contribution in [3.63, 3.8) is 0 Å². The second-order valence-electron chi connectivity index (χ2n) is 4.73. The molecule has 2 heterocycles. The molecule has 19 heavy (non-hydrogen) atoms. The minimum absolute atomic E-state index is 0.392. The summed E-state index contributed by atoms with van der Waals surface area (Å²) in [6.07, 6.45) is 2.56. The Labute approximate surface area is 108 Å². The lowest BCUT2D eigenvalue weighted by Crippen LogP contribution is -2.43. The molecule has 0 saturated heterocycles. The molecule has 0 spiro atoms. The minimum Gasteiger partial charge on any atom is -0.480 e. The van der Waals surface area contributed by atoms with Gasteiger partial charge in [0.05, 0.1) is 5.56 Å². The molecule has 1 saturated carbocycles. The van der Waals surface area contributed by atoms with Crippen molar-refractivity contribution < 1.29 is 14.7 Å². The van der Waals surface area contributed by atoms with Crippen molar-refractivity contribution in [2.45, 2.75) is 25.3 Å². The van der Waals surface area contributed by atoms with E-state index in [4.69, 9.17) is 5.11 Å². The standard InChI is InChI=1S/C12H12N4O3/c1-7-14-15-9-3-2-8(6-16(7)9)10(17)13-12(4-5-12)11(18)19/h2-3,6H,4-5H2,1H3,(H,13,17)(H,18,19). The summed E-state index contributed by atoms with van der Waals surface area (Å²) in [5.74, 6) is -0.707. The average molecular weight is 260 g/mol. The van der Waals surface area contributed by atoms with E-state index < -0.39 is 17.4 Å². The smallest absolute Gasteiger partial charge is 0.329 e. The lowest BCUT2D eigenvalue weighted by atomic mass is 10.2. The molecular weight excluding hydrogens is 248 g/mol. The molecule has 0 aliphatic heterocycles. The number of hydrogen-bond donors (Lipinski definition) is 2. The highest BCUT2D eigenvalue weighted by atomic mass is 16.4. The summed E-state index contributed by atoms with van der Waals surface area (Å²) < 4.78 is 1.69. The maximum absolute atomic E-state index is 12.1. The molecule has 0 aromatic carbocycles. The number of carboxylic acids is 1. The first-order valence-corrected chi connectivity index (χ1v) is 5.89. The van der Waals surface area contributed by atoms with E-state index in [1.54, 1.807) is 29.7 Å². The first-order valence-electron chi connectivity index (χ1n) is 5.89. The summed E-state index contributed by atoms with van der Waals surface area (Å²) in [5, 5.41) is 19.4. The molecule has 0 atom stereocenters. The average Bonchev–Trinajstić information content (AvgIpc) is 3.08. The molecule has 1 amide bonds. The fraction of sp³-hybridized carbons (Fsp3) is 0.333. The Morgan fingerprint density at radius 2 is 2.11 bits per heavy atom. The Morgan fingerprint density at radius 1 is 1.37 bits per heavy atom. The van der Waals surface area contributed by atoms with E-state index in [0.29, 0.717) is 29.9 Å². The molecule has 3 rings (SSSR count). The van der Waals surface area contributed by atoms with E-state index in [1.807, 2.05) is 0 Å². The van der Waals surface area contributed by atoms with Crippen LogP contribution in [-0.4, -0.2) is 37.1 Å². The lowest BCUT2D eigenvalue weighted by molar-refractivity contribution is -0.140. The van der Waals surface area contributed by atoms with Crippen molar-refractivity contribution in [1.29, 1.82) is 0 Å². The SMILES string of the molecule is Cc1nnc2ccc(C(=O)NC3(C(=O)O)CC3)cn12. The Bertz CT molecular complexity index is 687. The normalized spacial score (nSPS) is 16.3. The summed E-state index contributed by atoms with van der Waals surface area (Å²) in [6, 6.07) is 3.28. The number of carboxylic acid groups (broad SMARTS) is 1. The molecule has 0 radical (unpaired) electrons. The fourth-order valence-electron chi connectivity index (χ4n) is 1.95. The number of nitrogens with zero attached hydrogens (tertiary/aromatic N) is 3. The summed E-state index contributed by atoms with van der Waals surface area (Å²) in [6.45, 7) is 1.78. The number of fused-ring (bicyclic) bond motifs is 1. The molecule has 2 aromatic heterocycles. The predicted molar refractivity (Wildman–Crippen MR) is 64.8 cm³/mol. The van der Waals surface area contributed by atoms with Gasteiger partial charge in [0, 0.05) is 6.20 Å². The van der Waals surface area contributed by atoms with Gasteiger partial charge in [0.2, 0.25) is 0 Å². The maximum atomic E-state index is 12.1. The Balaban J connectivity index is 1.89. The largest absolute Gasteiger partial charge is 0.480 e. The quantitative estimate of drug-likeness (QED) is 0.831. The number of aliphatic carboxylic acids is 1. The molecule has 7 nitrogen and oxygen atoms in total. The van der Waals surface area contributed by atoms with Crippen molar-refractivity contribution in [1.82, 2.24) is 19.9 Å². The fourth-order valence-corrected chi connectivity index (χ4v) is 1.95. The number of nitrogens with one attached hydrogen (secondary N) is 1. The van der Waals surface area contributed by atoms with E-state index in [1.165, 1.54) is 0 Å².